The van der Waals surface area contributed by atoms with Gasteiger partial charge in [0.05, 0.1) is 0 Å². The van der Waals surface area contributed by atoms with Crippen LogP contribution in [0, 0.1) is 0 Å². The van der Waals surface area contributed by atoms with E-state index in [0.717, 1.165) is 77.0 Å². The third kappa shape index (κ3) is 46.0. The number of unbranched alkanes of at least 4 members (excludes halogenated alkanes) is 25. The predicted octanol–water partition coefficient (Wildman–Crippen LogP) is 16.1. The zero-order valence-corrected chi connectivity index (χ0v) is 38.8. The zero-order chi connectivity index (χ0) is 43.0. The highest BCUT2D eigenvalue weighted by Crippen LogP contribution is 2.15. The smallest absolute Gasteiger partial charge is 0.306 e. The van der Waals surface area contributed by atoms with Crippen LogP contribution >= 0.6 is 0 Å². The molecular formula is C53H92O6. The first kappa shape index (κ1) is 56.1. The van der Waals surface area contributed by atoms with Gasteiger partial charge in [-0.15, -0.1) is 0 Å². The summed E-state index contributed by atoms with van der Waals surface area (Å²) in [5.41, 5.74) is 0. The maximum Gasteiger partial charge on any atom is 0.306 e. The largest absolute Gasteiger partial charge is 0.462 e. The molecule has 0 aliphatic heterocycles. The summed E-state index contributed by atoms with van der Waals surface area (Å²) in [6.45, 7) is 6.43. The first-order chi connectivity index (χ1) is 29.0. The second-order valence-electron chi connectivity index (χ2n) is 16.4. The topological polar surface area (TPSA) is 78.9 Å². The lowest BCUT2D eigenvalue weighted by Gasteiger charge is -2.18. The van der Waals surface area contributed by atoms with E-state index in [1.54, 1.807) is 0 Å². The second kappa shape index (κ2) is 47.8. The van der Waals surface area contributed by atoms with Crippen LogP contribution in [0.4, 0.5) is 0 Å². The van der Waals surface area contributed by atoms with Gasteiger partial charge in [-0.3, -0.25) is 14.4 Å². The van der Waals surface area contributed by atoms with Crippen LogP contribution in [0.25, 0.3) is 0 Å². The van der Waals surface area contributed by atoms with E-state index in [0.29, 0.717) is 19.3 Å². The van der Waals surface area contributed by atoms with Crippen LogP contribution in [0.2, 0.25) is 0 Å². The normalized spacial score (nSPS) is 12.5. The van der Waals surface area contributed by atoms with Gasteiger partial charge >= 0.3 is 17.9 Å². The van der Waals surface area contributed by atoms with Gasteiger partial charge in [0.1, 0.15) is 13.2 Å². The number of esters is 3. The van der Waals surface area contributed by atoms with E-state index in [-0.39, 0.29) is 37.5 Å². The quantitative estimate of drug-likeness (QED) is 0.0200. The molecule has 0 saturated heterocycles. The van der Waals surface area contributed by atoms with E-state index in [4.69, 9.17) is 14.2 Å². The molecule has 0 radical (unpaired) electrons. The summed E-state index contributed by atoms with van der Waals surface area (Å²) >= 11 is 0. The molecule has 0 spiro atoms. The SMILES string of the molecule is CC/C=C/C=C/C=C/CCCCCCCC(=O)OC(COC(=O)CC/C=C/C/C=C/CCCCCCCC)COC(=O)CCCCCCCCCCCCCCCCC. The second-order valence-corrected chi connectivity index (χ2v) is 16.4. The molecule has 0 aromatic carbocycles. The minimum Gasteiger partial charge on any atom is -0.462 e. The van der Waals surface area contributed by atoms with Crippen LogP contribution in [0.15, 0.2) is 60.8 Å². The van der Waals surface area contributed by atoms with Crippen LogP contribution in [0.3, 0.4) is 0 Å². The Kier molecular flexibility index (Phi) is 45.4. The van der Waals surface area contributed by atoms with Crippen molar-refractivity contribution in [3.8, 4) is 0 Å². The average Bonchev–Trinajstić information content (AvgIpc) is 3.23. The molecule has 59 heavy (non-hydrogen) atoms. The number of ether oxygens (including phenoxy) is 3. The summed E-state index contributed by atoms with van der Waals surface area (Å²) in [6, 6.07) is 0. The number of carbonyl (C=O) groups is 3. The minimum atomic E-state index is -0.804. The van der Waals surface area contributed by atoms with Crippen LogP contribution in [0.1, 0.15) is 239 Å². The van der Waals surface area contributed by atoms with Crippen molar-refractivity contribution in [3.63, 3.8) is 0 Å². The molecule has 6 heteroatoms. The Bertz CT molecular complexity index is 1090. The molecule has 1 atom stereocenters. The Morgan fingerprint density at radius 3 is 1.25 bits per heavy atom. The van der Waals surface area contributed by atoms with Crippen molar-refractivity contribution >= 4 is 17.9 Å². The Balaban J connectivity index is 4.45. The van der Waals surface area contributed by atoms with Crippen LogP contribution in [-0.4, -0.2) is 37.2 Å². The van der Waals surface area contributed by atoms with Crippen LogP contribution < -0.4 is 0 Å². The van der Waals surface area contributed by atoms with Crippen molar-refractivity contribution < 1.29 is 28.6 Å². The Hall–Kier alpha value is -2.89. The summed E-state index contributed by atoms with van der Waals surface area (Å²) in [5, 5.41) is 0. The van der Waals surface area contributed by atoms with E-state index in [1.807, 2.05) is 6.08 Å². The molecule has 0 saturated carbocycles. The summed E-state index contributed by atoms with van der Waals surface area (Å²) in [6.07, 6.45) is 57.9. The molecule has 0 rings (SSSR count). The summed E-state index contributed by atoms with van der Waals surface area (Å²) in [7, 11) is 0. The van der Waals surface area contributed by atoms with E-state index in [2.05, 4.69) is 75.5 Å². The molecule has 0 aromatic rings. The van der Waals surface area contributed by atoms with Gasteiger partial charge < -0.3 is 14.2 Å². The first-order valence-corrected chi connectivity index (χ1v) is 24.8. The van der Waals surface area contributed by atoms with Gasteiger partial charge in [0, 0.05) is 19.3 Å². The van der Waals surface area contributed by atoms with Crippen LogP contribution in [0.5, 0.6) is 0 Å². The Labute approximate surface area is 364 Å². The van der Waals surface area contributed by atoms with E-state index < -0.39 is 6.10 Å². The van der Waals surface area contributed by atoms with Crippen molar-refractivity contribution in [2.45, 2.75) is 245 Å². The highest BCUT2D eigenvalue weighted by atomic mass is 16.6. The fraction of sp³-hybridized carbons (Fsp3) is 0.755. The molecule has 0 aliphatic rings. The van der Waals surface area contributed by atoms with Crippen molar-refractivity contribution in [3.05, 3.63) is 60.8 Å². The number of carbonyl (C=O) groups excluding carboxylic acids is 3. The van der Waals surface area contributed by atoms with Gasteiger partial charge in [-0.1, -0.05) is 223 Å². The lowest BCUT2D eigenvalue weighted by Crippen LogP contribution is -2.30. The maximum absolute atomic E-state index is 12.7. The van der Waals surface area contributed by atoms with Gasteiger partial charge in [0.15, 0.2) is 6.10 Å². The maximum atomic E-state index is 12.7. The molecular weight excluding hydrogens is 733 g/mol. The molecule has 1 unspecified atom stereocenters. The highest BCUT2D eigenvalue weighted by molar-refractivity contribution is 5.71. The number of hydrogen-bond donors (Lipinski definition) is 0. The zero-order valence-electron chi connectivity index (χ0n) is 38.8. The van der Waals surface area contributed by atoms with Crippen molar-refractivity contribution in [2.24, 2.45) is 0 Å². The Morgan fingerprint density at radius 2 is 0.763 bits per heavy atom. The van der Waals surface area contributed by atoms with Gasteiger partial charge in [0.25, 0.3) is 0 Å². The van der Waals surface area contributed by atoms with E-state index in [9.17, 15) is 14.4 Å². The molecule has 0 bridgehead atoms. The monoisotopic (exact) mass is 825 g/mol. The fourth-order valence-corrected chi connectivity index (χ4v) is 6.85. The lowest BCUT2D eigenvalue weighted by molar-refractivity contribution is -0.166. The highest BCUT2D eigenvalue weighted by Gasteiger charge is 2.19. The summed E-state index contributed by atoms with van der Waals surface area (Å²) in [4.78, 5) is 37.8. The molecule has 0 aliphatic carbocycles. The standard InChI is InChI=1S/C53H92O6/c1-4-7-10-13-16-19-22-25-26-29-31-34-37-40-43-46-52(55)58-49-50(59-53(56)47-44-41-38-35-32-28-24-21-18-15-12-9-6-3)48-57-51(54)45-42-39-36-33-30-27-23-20-17-14-11-8-5-2/h9,12,15,18,21,24,27,30,36,39,50H,4-8,10-11,13-14,16-17,19-20,22-23,25-26,28-29,31-35,37-38,40-49H2,1-3H3/b12-9+,18-15+,24-21+,30-27+,39-36+. The number of rotatable bonds is 44. The lowest BCUT2D eigenvalue weighted by atomic mass is 10.0. The summed E-state index contributed by atoms with van der Waals surface area (Å²) < 4.78 is 16.7. The van der Waals surface area contributed by atoms with Gasteiger partial charge in [-0.25, -0.2) is 0 Å². The fourth-order valence-electron chi connectivity index (χ4n) is 6.85. The first-order valence-electron chi connectivity index (χ1n) is 24.8. The van der Waals surface area contributed by atoms with E-state index >= 15 is 0 Å². The van der Waals surface area contributed by atoms with Gasteiger partial charge in [0.2, 0.25) is 0 Å². The minimum absolute atomic E-state index is 0.0980. The van der Waals surface area contributed by atoms with E-state index in [1.165, 1.54) is 116 Å². The molecule has 340 valence electrons. The average molecular weight is 825 g/mol. The van der Waals surface area contributed by atoms with Crippen molar-refractivity contribution in [2.75, 3.05) is 13.2 Å². The molecule has 0 amide bonds. The van der Waals surface area contributed by atoms with Gasteiger partial charge in [-0.05, 0) is 57.8 Å². The van der Waals surface area contributed by atoms with Gasteiger partial charge in [-0.2, -0.15) is 0 Å². The Morgan fingerprint density at radius 1 is 0.373 bits per heavy atom. The molecule has 0 heterocycles. The van der Waals surface area contributed by atoms with Crippen molar-refractivity contribution in [1.82, 2.24) is 0 Å². The van der Waals surface area contributed by atoms with Crippen LogP contribution in [-0.2, 0) is 28.6 Å². The molecule has 6 nitrogen and oxygen atoms in total. The number of hydrogen-bond acceptors (Lipinski definition) is 6. The number of allylic oxidation sites excluding steroid dienone is 10. The molecule has 0 N–H and O–H groups in total. The third-order valence-electron chi connectivity index (χ3n) is 10.6. The third-order valence-corrected chi connectivity index (χ3v) is 10.6. The molecule has 0 fully saturated rings. The molecule has 0 aromatic heterocycles. The predicted molar refractivity (Wildman–Crippen MR) is 251 cm³/mol. The summed E-state index contributed by atoms with van der Waals surface area (Å²) in [5.74, 6) is -0.987. The van der Waals surface area contributed by atoms with Crippen molar-refractivity contribution in [1.29, 1.82) is 0 Å².